The van der Waals surface area contributed by atoms with Crippen LogP contribution in [0.4, 0.5) is 0 Å². The van der Waals surface area contributed by atoms with Gasteiger partial charge in [-0.1, -0.05) is 20.3 Å². The summed E-state index contributed by atoms with van der Waals surface area (Å²) in [6.07, 6.45) is 0.659. The zero-order valence-corrected chi connectivity index (χ0v) is 20.5. The van der Waals surface area contributed by atoms with Gasteiger partial charge in [0, 0.05) is 37.6 Å². The van der Waals surface area contributed by atoms with Crippen LogP contribution in [0.2, 0.25) is 0 Å². The average molecular weight is 511 g/mol. The monoisotopic (exact) mass is 510 g/mol. The first-order valence-electron chi connectivity index (χ1n) is 11.8. The number of carboxylic acid groups (broad SMARTS) is 2. The van der Waals surface area contributed by atoms with Gasteiger partial charge in [0.2, 0.25) is 11.8 Å². The van der Waals surface area contributed by atoms with E-state index >= 15 is 0 Å². The van der Waals surface area contributed by atoms with Crippen LogP contribution in [0.25, 0.3) is 0 Å². The van der Waals surface area contributed by atoms with Crippen LogP contribution in [0.15, 0.2) is 0 Å². The van der Waals surface area contributed by atoms with Gasteiger partial charge in [-0.2, -0.15) is 0 Å². The third kappa shape index (κ3) is 12.7. The molecule has 0 aliphatic rings. The maximum atomic E-state index is 12.4. The Morgan fingerprint density at radius 1 is 0.917 bits per heavy atom. The van der Waals surface area contributed by atoms with Gasteiger partial charge in [0.25, 0.3) is 0 Å². The number of nitrogens with zero attached hydrogens (tertiary/aromatic N) is 3. The standard InChI is InChI=1S/C22H34N6O8/c1-13(2)17(30)11-14(16(29)7-9-21(33)34)5-3-4-10-23-19(31)8-6-15(22(35)36)24-20(32)12-18-25-27-28-26-18/h13-15H,3-12H2,1-2H3,(H,23,31)(H,24,32)(H,33,34)(H,35,36)(H,25,26,27,28)/t14-,15?/m1/s1. The number of carbonyl (C=O) groups excluding carboxylic acids is 4. The van der Waals surface area contributed by atoms with Gasteiger partial charge >= 0.3 is 11.9 Å². The van der Waals surface area contributed by atoms with Gasteiger partial charge in [0.1, 0.15) is 17.6 Å². The van der Waals surface area contributed by atoms with E-state index in [2.05, 4.69) is 31.3 Å². The topological polar surface area (TPSA) is 221 Å². The van der Waals surface area contributed by atoms with Crippen LogP contribution >= 0.6 is 0 Å². The molecule has 0 aliphatic heterocycles. The lowest BCUT2D eigenvalue weighted by Crippen LogP contribution is -2.42. The number of tetrazole rings is 1. The molecule has 1 rings (SSSR count). The minimum Gasteiger partial charge on any atom is -0.481 e. The lowest BCUT2D eigenvalue weighted by Gasteiger charge is -2.16. The first kappa shape index (κ1) is 30.3. The molecule has 1 heterocycles. The van der Waals surface area contributed by atoms with Gasteiger partial charge in [0.15, 0.2) is 5.82 Å². The number of aromatic nitrogens is 4. The molecule has 2 atom stereocenters. The Labute approximate surface area is 208 Å². The second-order valence-corrected chi connectivity index (χ2v) is 8.75. The van der Waals surface area contributed by atoms with E-state index in [-0.39, 0.29) is 74.3 Å². The summed E-state index contributed by atoms with van der Waals surface area (Å²) in [4.78, 5) is 70.6. The SMILES string of the molecule is CC(C)C(=O)C[C@@H](CCCCNC(=O)CCC(NC(=O)Cc1nnn[nH]1)C(=O)O)C(=O)CCC(=O)O. The molecule has 5 N–H and O–H groups in total. The van der Waals surface area contributed by atoms with Crippen LogP contribution in [-0.2, 0) is 35.2 Å². The molecule has 0 fully saturated rings. The predicted octanol–water partition coefficient (Wildman–Crippen LogP) is 0.0436. The number of H-pyrrole nitrogens is 1. The Bertz CT molecular complexity index is 902. The van der Waals surface area contributed by atoms with Crippen LogP contribution < -0.4 is 10.6 Å². The zero-order chi connectivity index (χ0) is 27.1. The fourth-order valence-corrected chi connectivity index (χ4v) is 3.31. The van der Waals surface area contributed by atoms with E-state index in [0.717, 1.165) is 0 Å². The van der Waals surface area contributed by atoms with Crippen molar-refractivity contribution < 1.29 is 39.0 Å². The summed E-state index contributed by atoms with van der Waals surface area (Å²) in [7, 11) is 0. The van der Waals surface area contributed by atoms with Crippen molar-refractivity contribution in [3.05, 3.63) is 5.82 Å². The largest absolute Gasteiger partial charge is 0.481 e. The van der Waals surface area contributed by atoms with Gasteiger partial charge in [-0.05, 0) is 29.7 Å². The summed E-state index contributed by atoms with van der Waals surface area (Å²) in [5, 5.41) is 35.6. The number of Topliss-reactive ketones (excluding diaryl/α,β-unsaturated/α-hetero) is 2. The van der Waals surface area contributed by atoms with Gasteiger partial charge in [-0.25, -0.2) is 9.89 Å². The Kier molecular flexibility index (Phi) is 13.5. The number of amides is 2. The van der Waals surface area contributed by atoms with Crippen LogP contribution in [-0.4, -0.2) is 78.7 Å². The van der Waals surface area contributed by atoms with Gasteiger partial charge in [-0.15, -0.1) is 5.10 Å². The Morgan fingerprint density at radius 3 is 2.22 bits per heavy atom. The number of hydrogen-bond acceptors (Lipinski definition) is 9. The Balaban J connectivity index is 2.38. The third-order valence-electron chi connectivity index (χ3n) is 5.44. The normalized spacial score (nSPS) is 12.5. The lowest BCUT2D eigenvalue weighted by atomic mass is 9.87. The summed E-state index contributed by atoms with van der Waals surface area (Å²) in [6, 6.07) is -1.25. The molecule has 14 heteroatoms. The van der Waals surface area contributed by atoms with E-state index in [1.807, 2.05) is 0 Å². The van der Waals surface area contributed by atoms with Crippen molar-refractivity contribution in [1.29, 1.82) is 0 Å². The van der Waals surface area contributed by atoms with Crippen molar-refractivity contribution in [3.63, 3.8) is 0 Å². The molecule has 0 saturated heterocycles. The van der Waals surface area contributed by atoms with Gasteiger partial charge in [-0.3, -0.25) is 24.0 Å². The highest BCUT2D eigenvalue weighted by Crippen LogP contribution is 2.19. The molecule has 2 amide bonds. The minimum absolute atomic E-state index is 0.0606. The molecule has 0 saturated carbocycles. The van der Waals surface area contributed by atoms with E-state index in [0.29, 0.717) is 19.3 Å². The van der Waals surface area contributed by atoms with E-state index in [4.69, 9.17) is 5.11 Å². The van der Waals surface area contributed by atoms with Crippen LogP contribution in [0.3, 0.4) is 0 Å². The fraction of sp³-hybridized carbons (Fsp3) is 0.682. The molecule has 14 nitrogen and oxygen atoms in total. The van der Waals surface area contributed by atoms with Crippen molar-refractivity contribution in [1.82, 2.24) is 31.3 Å². The molecule has 0 aromatic carbocycles. The highest BCUT2D eigenvalue weighted by atomic mass is 16.4. The number of carboxylic acids is 2. The number of rotatable bonds is 19. The van der Waals surface area contributed by atoms with Gasteiger partial charge in [0.05, 0.1) is 12.8 Å². The second kappa shape index (κ2) is 16.1. The minimum atomic E-state index is -1.28. The Morgan fingerprint density at radius 2 is 1.64 bits per heavy atom. The molecule has 0 bridgehead atoms. The highest BCUT2D eigenvalue weighted by molar-refractivity contribution is 5.90. The zero-order valence-electron chi connectivity index (χ0n) is 20.5. The first-order chi connectivity index (χ1) is 17.0. The Hall–Kier alpha value is -3.71. The van der Waals surface area contributed by atoms with Crippen molar-refractivity contribution in [3.8, 4) is 0 Å². The molecule has 0 aliphatic carbocycles. The molecule has 1 aromatic heterocycles. The van der Waals surface area contributed by atoms with Gasteiger partial charge < -0.3 is 20.8 Å². The summed E-state index contributed by atoms with van der Waals surface area (Å²) in [6.45, 7) is 3.77. The number of hydrogen-bond donors (Lipinski definition) is 5. The fourth-order valence-electron chi connectivity index (χ4n) is 3.31. The van der Waals surface area contributed by atoms with Crippen LogP contribution in [0.5, 0.6) is 0 Å². The quantitative estimate of drug-likeness (QED) is 0.156. The predicted molar refractivity (Wildman–Crippen MR) is 123 cm³/mol. The summed E-state index contributed by atoms with van der Waals surface area (Å²) < 4.78 is 0. The number of aromatic amines is 1. The molecule has 0 spiro atoms. The van der Waals surface area contributed by atoms with E-state index in [9.17, 15) is 33.9 Å². The summed E-state index contributed by atoms with van der Waals surface area (Å²) >= 11 is 0. The molecular weight excluding hydrogens is 476 g/mol. The maximum absolute atomic E-state index is 12.4. The molecule has 1 aromatic rings. The smallest absolute Gasteiger partial charge is 0.326 e. The number of carbonyl (C=O) groups is 6. The number of ketones is 2. The van der Waals surface area contributed by atoms with Crippen molar-refractivity contribution in [2.24, 2.45) is 11.8 Å². The third-order valence-corrected chi connectivity index (χ3v) is 5.44. The second-order valence-electron chi connectivity index (χ2n) is 8.75. The highest BCUT2D eigenvalue weighted by Gasteiger charge is 2.24. The van der Waals surface area contributed by atoms with Crippen molar-refractivity contribution >= 4 is 35.3 Å². The molecule has 36 heavy (non-hydrogen) atoms. The summed E-state index contributed by atoms with van der Waals surface area (Å²) in [5.74, 6) is -4.26. The lowest BCUT2D eigenvalue weighted by molar-refractivity contribution is -0.142. The number of aliphatic carboxylic acids is 2. The van der Waals surface area contributed by atoms with E-state index in [1.54, 1.807) is 13.8 Å². The van der Waals surface area contributed by atoms with E-state index in [1.165, 1.54) is 0 Å². The molecule has 0 radical (unpaired) electrons. The number of unbranched alkanes of at least 4 members (excludes halogenated alkanes) is 1. The van der Waals surface area contributed by atoms with Crippen LogP contribution in [0, 0.1) is 11.8 Å². The molecular formula is C22H34N6O8. The first-order valence-corrected chi connectivity index (χ1v) is 11.8. The van der Waals surface area contributed by atoms with Crippen molar-refractivity contribution in [2.75, 3.05) is 6.54 Å². The van der Waals surface area contributed by atoms with E-state index < -0.39 is 29.8 Å². The van der Waals surface area contributed by atoms with Crippen LogP contribution in [0.1, 0.15) is 71.0 Å². The molecule has 1 unspecified atom stereocenters. The van der Waals surface area contributed by atoms with Crippen molar-refractivity contribution in [2.45, 2.75) is 77.7 Å². The average Bonchev–Trinajstić information content (AvgIpc) is 3.31. The maximum Gasteiger partial charge on any atom is 0.326 e. The number of nitrogens with one attached hydrogen (secondary N) is 3. The molecule has 200 valence electrons. The summed E-state index contributed by atoms with van der Waals surface area (Å²) in [5.41, 5.74) is 0.